The van der Waals surface area contributed by atoms with Gasteiger partial charge in [0.05, 0.1) is 4.90 Å². The molecule has 1 amide bonds. The summed E-state index contributed by atoms with van der Waals surface area (Å²) in [6, 6.07) is 22.2. The molecule has 1 saturated carbocycles. The first-order chi connectivity index (χ1) is 15.0. The third-order valence-corrected chi connectivity index (χ3v) is 7.19. The van der Waals surface area contributed by atoms with Crippen molar-refractivity contribution >= 4 is 33.0 Å². The normalized spacial score (nSPS) is 15.5. The van der Waals surface area contributed by atoms with Crippen LogP contribution >= 0.6 is 0 Å². The van der Waals surface area contributed by atoms with Gasteiger partial charge in [-0.25, -0.2) is 13.1 Å². The van der Waals surface area contributed by atoms with Gasteiger partial charge in [-0.2, -0.15) is 0 Å². The number of fused-ring (bicyclic) bond motifs is 1. The predicted molar refractivity (Wildman–Crippen MR) is 121 cm³/mol. The Hall–Kier alpha value is -3.16. The fraction of sp³-hybridized carbons (Fsp3) is 0.208. The van der Waals surface area contributed by atoms with Crippen LogP contribution in [0, 0.1) is 0 Å². The summed E-state index contributed by atoms with van der Waals surface area (Å²) in [7, 11) is -3.52. The van der Waals surface area contributed by atoms with Crippen molar-refractivity contribution < 1.29 is 13.2 Å². The number of para-hydroxylation sites is 1. The lowest BCUT2D eigenvalue weighted by molar-refractivity contribution is 0.102. The van der Waals surface area contributed by atoms with Crippen molar-refractivity contribution in [2.75, 3.05) is 16.8 Å². The monoisotopic (exact) mass is 433 g/mol. The number of rotatable bonds is 6. The van der Waals surface area contributed by atoms with Gasteiger partial charge in [0.2, 0.25) is 10.0 Å². The molecule has 0 unspecified atom stereocenters. The maximum atomic E-state index is 12.6. The zero-order valence-corrected chi connectivity index (χ0v) is 17.7. The van der Waals surface area contributed by atoms with Crippen molar-refractivity contribution in [1.82, 2.24) is 4.72 Å². The molecule has 3 aromatic carbocycles. The van der Waals surface area contributed by atoms with Gasteiger partial charge in [-0.05, 0) is 79.4 Å². The smallest absolute Gasteiger partial charge is 0.255 e. The fourth-order valence-corrected chi connectivity index (χ4v) is 5.11. The van der Waals surface area contributed by atoms with Gasteiger partial charge >= 0.3 is 0 Å². The molecule has 0 saturated heterocycles. The van der Waals surface area contributed by atoms with Crippen LogP contribution in [0.5, 0.6) is 0 Å². The minimum Gasteiger partial charge on any atom is -0.341 e. The number of amides is 1. The average Bonchev–Trinajstić information content (AvgIpc) is 3.48. The number of carbonyl (C=O) groups excluding carboxylic acids is 1. The second kappa shape index (κ2) is 7.83. The summed E-state index contributed by atoms with van der Waals surface area (Å²) in [4.78, 5) is 15.0. The average molecular weight is 434 g/mol. The van der Waals surface area contributed by atoms with Crippen LogP contribution in [0.25, 0.3) is 0 Å². The third kappa shape index (κ3) is 4.19. The van der Waals surface area contributed by atoms with Gasteiger partial charge in [0.25, 0.3) is 5.91 Å². The van der Waals surface area contributed by atoms with E-state index in [9.17, 15) is 13.2 Å². The largest absolute Gasteiger partial charge is 0.341 e. The Morgan fingerprint density at radius 3 is 2.32 bits per heavy atom. The molecule has 3 aromatic rings. The van der Waals surface area contributed by atoms with E-state index in [2.05, 4.69) is 33.1 Å². The number of hydrogen-bond acceptors (Lipinski definition) is 4. The van der Waals surface area contributed by atoms with Crippen molar-refractivity contribution in [2.45, 2.75) is 30.2 Å². The number of anilines is 3. The second-order valence-corrected chi connectivity index (χ2v) is 9.67. The van der Waals surface area contributed by atoms with Crippen LogP contribution in [0.4, 0.5) is 17.1 Å². The van der Waals surface area contributed by atoms with Gasteiger partial charge in [-0.3, -0.25) is 4.79 Å². The molecule has 0 aromatic heterocycles. The van der Waals surface area contributed by atoms with Crippen LogP contribution in [0.3, 0.4) is 0 Å². The van der Waals surface area contributed by atoms with Gasteiger partial charge < -0.3 is 10.2 Å². The molecule has 1 aliphatic heterocycles. The van der Waals surface area contributed by atoms with Crippen LogP contribution in [0.2, 0.25) is 0 Å². The lowest BCUT2D eigenvalue weighted by Crippen LogP contribution is -2.25. The Labute approximate surface area is 182 Å². The van der Waals surface area contributed by atoms with E-state index in [1.165, 1.54) is 35.5 Å². The number of nitrogens with zero attached hydrogens (tertiary/aromatic N) is 1. The van der Waals surface area contributed by atoms with E-state index < -0.39 is 10.0 Å². The minimum atomic E-state index is -3.52. The molecule has 2 aliphatic rings. The second-order valence-electron chi connectivity index (χ2n) is 7.95. The zero-order chi connectivity index (χ0) is 21.4. The maximum Gasteiger partial charge on any atom is 0.255 e. The minimum absolute atomic E-state index is 0.0463. The van der Waals surface area contributed by atoms with Gasteiger partial charge in [0.1, 0.15) is 0 Å². The van der Waals surface area contributed by atoms with Crippen molar-refractivity contribution in [1.29, 1.82) is 0 Å². The maximum absolute atomic E-state index is 12.6. The molecular formula is C24H23N3O3S. The van der Waals surface area contributed by atoms with Crippen LogP contribution in [-0.4, -0.2) is 26.9 Å². The highest BCUT2D eigenvalue weighted by molar-refractivity contribution is 7.89. The first kappa shape index (κ1) is 19.8. The van der Waals surface area contributed by atoms with Crippen LogP contribution in [0.15, 0.2) is 77.7 Å². The molecule has 31 heavy (non-hydrogen) atoms. The Morgan fingerprint density at radius 2 is 1.61 bits per heavy atom. The summed E-state index contributed by atoms with van der Waals surface area (Å²) in [5, 5.41) is 2.87. The molecule has 0 radical (unpaired) electrons. The van der Waals surface area contributed by atoms with Crippen molar-refractivity contribution in [3.8, 4) is 0 Å². The molecule has 6 nitrogen and oxygen atoms in total. The lowest BCUT2D eigenvalue weighted by Gasteiger charge is -2.20. The summed E-state index contributed by atoms with van der Waals surface area (Å²) in [5.41, 5.74) is 4.75. The lowest BCUT2D eigenvalue weighted by atomic mass is 10.2. The van der Waals surface area contributed by atoms with E-state index >= 15 is 0 Å². The molecule has 0 bridgehead atoms. The Bertz CT molecular complexity index is 1220. The summed E-state index contributed by atoms with van der Waals surface area (Å²) < 4.78 is 27.2. The van der Waals surface area contributed by atoms with Crippen molar-refractivity contribution in [3.63, 3.8) is 0 Å². The van der Waals surface area contributed by atoms with E-state index in [0.29, 0.717) is 11.3 Å². The molecular weight excluding hydrogens is 410 g/mol. The summed E-state index contributed by atoms with van der Waals surface area (Å²) in [6.07, 6.45) is 2.78. The fourth-order valence-electron chi connectivity index (χ4n) is 3.81. The highest BCUT2D eigenvalue weighted by Crippen LogP contribution is 2.34. The summed E-state index contributed by atoms with van der Waals surface area (Å²) in [5.74, 6) is -0.279. The van der Waals surface area contributed by atoms with E-state index in [0.717, 1.165) is 31.5 Å². The highest BCUT2D eigenvalue weighted by Gasteiger charge is 2.28. The molecule has 0 spiro atoms. The van der Waals surface area contributed by atoms with Crippen LogP contribution in [-0.2, 0) is 16.4 Å². The highest BCUT2D eigenvalue weighted by atomic mass is 32.2. The molecule has 0 atom stereocenters. The summed E-state index contributed by atoms with van der Waals surface area (Å²) in [6.45, 7) is 0.940. The first-order valence-electron chi connectivity index (χ1n) is 10.4. The number of benzene rings is 3. The van der Waals surface area contributed by atoms with Crippen LogP contribution < -0.4 is 14.9 Å². The molecule has 2 N–H and O–H groups in total. The quantitative estimate of drug-likeness (QED) is 0.614. The molecule has 5 rings (SSSR count). The van der Waals surface area contributed by atoms with E-state index in [-0.39, 0.29) is 16.8 Å². The number of carbonyl (C=O) groups is 1. The Balaban J connectivity index is 1.25. The van der Waals surface area contributed by atoms with Gasteiger partial charge in [0.15, 0.2) is 0 Å². The molecule has 1 heterocycles. The Kier molecular flexibility index (Phi) is 5.00. The number of nitrogens with one attached hydrogen (secondary N) is 2. The van der Waals surface area contributed by atoms with E-state index in [1.54, 1.807) is 0 Å². The SMILES string of the molecule is O=C(Nc1ccc(N2CCc3ccccc32)cc1)c1ccc(S(=O)(=O)NC2CC2)cc1. The third-order valence-electron chi connectivity index (χ3n) is 5.65. The molecule has 158 valence electrons. The van der Waals surface area contributed by atoms with E-state index in [1.807, 2.05) is 30.3 Å². The van der Waals surface area contributed by atoms with Crippen molar-refractivity contribution in [2.24, 2.45) is 0 Å². The van der Waals surface area contributed by atoms with Gasteiger partial charge in [0, 0.05) is 35.2 Å². The topological polar surface area (TPSA) is 78.5 Å². The molecule has 1 aliphatic carbocycles. The predicted octanol–water partition coefficient (Wildman–Crippen LogP) is 4.07. The number of hydrogen-bond donors (Lipinski definition) is 2. The van der Waals surface area contributed by atoms with Crippen LogP contribution in [0.1, 0.15) is 28.8 Å². The first-order valence-corrected chi connectivity index (χ1v) is 11.9. The van der Waals surface area contributed by atoms with Gasteiger partial charge in [-0.15, -0.1) is 0 Å². The molecule has 1 fully saturated rings. The molecule has 7 heteroatoms. The number of sulfonamides is 1. The standard InChI is InChI=1S/C24H23N3O3S/c28-24(18-5-13-22(14-6-18)31(29,30)26-20-7-8-20)25-19-9-11-21(12-10-19)27-16-15-17-3-1-2-4-23(17)27/h1-6,9-14,20,26H,7-8,15-16H2,(H,25,28). The Morgan fingerprint density at radius 1 is 0.903 bits per heavy atom. The van der Waals surface area contributed by atoms with E-state index in [4.69, 9.17) is 0 Å². The van der Waals surface area contributed by atoms with Crippen molar-refractivity contribution in [3.05, 3.63) is 83.9 Å². The van der Waals surface area contributed by atoms with Gasteiger partial charge in [-0.1, -0.05) is 18.2 Å². The summed E-state index contributed by atoms with van der Waals surface area (Å²) >= 11 is 0. The zero-order valence-electron chi connectivity index (χ0n) is 16.9.